The summed E-state index contributed by atoms with van der Waals surface area (Å²) in [7, 11) is 0. The van der Waals surface area contributed by atoms with E-state index in [4.69, 9.17) is 11.6 Å². The molecule has 0 spiro atoms. The Morgan fingerprint density at radius 1 is 1.29 bits per heavy atom. The van der Waals surface area contributed by atoms with Crippen molar-refractivity contribution in [3.8, 4) is 0 Å². The monoisotopic (exact) mass is 206 g/mol. The van der Waals surface area contributed by atoms with Crippen LogP contribution in [0.2, 0.25) is 5.15 Å². The van der Waals surface area contributed by atoms with Gasteiger partial charge in [-0.2, -0.15) is 0 Å². The van der Waals surface area contributed by atoms with Gasteiger partial charge < -0.3 is 0 Å². The lowest BCUT2D eigenvalue weighted by molar-refractivity contribution is 0.736. The SMILES string of the molecule is Clc1nn2nnnc2c2ccncc12. The molecule has 0 bridgehead atoms. The number of aromatic nitrogens is 6. The van der Waals surface area contributed by atoms with Crippen LogP contribution in [0.3, 0.4) is 0 Å². The fourth-order valence-electron chi connectivity index (χ4n) is 1.30. The van der Waals surface area contributed by atoms with Crippen molar-refractivity contribution in [3.63, 3.8) is 0 Å². The molecule has 0 radical (unpaired) electrons. The van der Waals surface area contributed by atoms with Crippen LogP contribution >= 0.6 is 11.6 Å². The largest absolute Gasteiger partial charge is 0.264 e. The first kappa shape index (κ1) is 7.57. The minimum atomic E-state index is 0.341. The summed E-state index contributed by atoms with van der Waals surface area (Å²) in [5.74, 6) is 0. The van der Waals surface area contributed by atoms with Crippen LogP contribution in [0.5, 0.6) is 0 Å². The molecule has 3 rings (SSSR count). The van der Waals surface area contributed by atoms with E-state index in [1.165, 1.54) is 4.63 Å². The second-order valence-corrected chi connectivity index (χ2v) is 3.06. The lowest BCUT2D eigenvalue weighted by Crippen LogP contribution is -1.96. The van der Waals surface area contributed by atoms with Crippen molar-refractivity contribution in [1.29, 1.82) is 0 Å². The predicted octanol–water partition coefficient (Wildman–Crippen LogP) is 0.721. The Labute approximate surface area is 82.5 Å². The predicted molar refractivity (Wildman–Crippen MR) is 48.9 cm³/mol. The average Bonchev–Trinajstić information content (AvgIpc) is 2.66. The van der Waals surface area contributed by atoms with Crippen LogP contribution in [0, 0.1) is 0 Å². The molecular formula is C7H3ClN6. The summed E-state index contributed by atoms with van der Waals surface area (Å²) in [5.41, 5.74) is 0.576. The number of hydrogen-bond acceptors (Lipinski definition) is 5. The van der Waals surface area contributed by atoms with Gasteiger partial charge in [-0.3, -0.25) is 4.98 Å². The maximum atomic E-state index is 5.93. The van der Waals surface area contributed by atoms with E-state index in [9.17, 15) is 0 Å². The second kappa shape index (κ2) is 2.58. The molecule has 0 N–H and O–H groups in total. The average molecular weight is 207 g/mol. The maximum absolute atomic E-state index is 5.93. The Kier molecular flexibility index (Phi) is 1.40. The van der Waals surface area contributed by atoms with Gasteiger partial charge >= 0.3 is 0 Å². The molecule has 0 aliphatic rings. The summed E-state index contributed by atoms with van der Waals surface area (Å²) in [5, 5.41) is 16.9. The molecule has 0 unspecified atom stereocenters. The molecule has 7 heteroatoms. The normalized spacial score (nSPS) is 11.2. The van der Waals surface area contributed by atoms with Crippen LogP contribution in [0.4, 0.5) is 0 Å². The zero-order valence-corrected chi connectivity index (χ0v) is 7.55. The molecular weight excluding hydrogens is 204 g/mol. The topological polar surface area (TPSA) is 68.9 Å². The van der Waals surface area contributed by atoms with E-state index in [0.29, 0.717) is 10.8 Å². The van der Waals surface area contributed by atoms with Crippen LogP contribution in [-0.4, -0.2) is 30.2 Å². The standard InChI is InChI=1S/C7H3ClN6/c8-6-5-3-9-2-1-4(5)7-10-12-13-14(7)11-6/h1-3H. The molecule has 0 aromatic carbocycles. The summed E-state index contributed by atoms with van der Waals surface area (Å²) in [6.07, 6.45) is 3.30. The number of nitrogens with zero attached hydrogens (tertiary/aromatic N) is 6. The summed E-state index contributed by atoms with van der Waals surface area (Å²) in [6.45, 7) is 0. The quantitative estimate of drug-likeness (QED) is 0.542. The Balaban J connectivity index is 2.67. The molecule has 3 aromatic rings. The Morgan fingerprint density at radius 3 is 3.14 bits per heavy atom. The molecule has 3 heterocycles. The fraction of sp³-hybridized carbons (Fsp3) is 0. The van der Waals surface area contributed by atoms with Crippen molar-refractivity contribution in [1.82, 2.24) is 30.2 Å². The van der Waals surface area contributed by atoms with Gasteiger partial charge in [-0.05, 0) is 16.5 Å². The van der Waals surface area contributed by atoms with Gasteiger partial charge in [-0.1, -0.05) is 11.6 Å². The van der Waals surface area contributed by atoms with Gasteiger partial charge in [0.15, 0.2) is 5.15 Å². The third-order valence-corrected chi connectivity index (χ3v) is 2.20. The van der Waals surface area contributed by atoms with Crippen molar-refractivity contribution in [3.05, 3.63) is 23.6 Å². The van der Waals surface area contributed by atoms with E-state index < -0.39 is 0 Å². The van der Waals surface area contributed by atoms with Crippen LogP contribution in [0.15, 0.2) is 18.5 Å². The van der Waals surface area contributed by atoms with Gasteiger partial charge in [0.25, 0.3) is 0 Å². The number of hydrogen-bond donors (Lipinski definition) is 0. The van der Waals surface area contributed by atoms with Crippen molar-refractivity contribution in [2.24, 2.45) is 0 Å². The molecule has 14 heavy (non-hydrogen) atoms. The highest BCUT2D eigenvalue weighted by Gasteiger charge is 2.08. The Bertz CT molecular complexity index is 618. The molecule has 0 aliphatic heterocycles. The lowest BCUT2D eigenvalue weighted by atomic mass is 10.2. The first-order valence-corrected chi connectivity index (χ1v) is 4.21. The Hall–Kier alpha value is -1.82. The minimum absolute atomic E-state index is 0.341. The lowest BCUT2D eigenvalue weighted by Gasteiger charge is -1.98. The van der Waals surface area contributed by atoms with Crippen LogP contribution in [0.1, 0.15) is 0 Å². The molecule has 0 saturated carbocycles. The van der Waals surface area contributed by atoms with Crippen molar-refractivity contribution in [2.45, 2.75) is 0 Å². The van der Waals surface area contributed by atoms with Gasteiger partial charge in [0.05, 0.1) is 0 Å². The van der Waals surface area contributed by atoms with Gasteiger partial charge in [-0.15, -0.1) is 14.8 Å². The minimum Gasteiger partial charge on any atom is -0.264 e. The molecule has 0 saturated heterocycles. The van der Waals surface area contributed by atoms with Gasteiger partial charge in [0.1, 0.15) is 0 Å². The van der Waals surface area contributed by atoms with E-state index in [1.807, 2.05) is 0 Å². The van der Waals surface area contributed by atoms with E-state index in [2.05, 4.69) is 25.6 Å². The molecule has 0 atom stereocenters. The highest BCUT2D eigenvalue weighted by molar-refractivity contribution is 6.34. The summed E-state index contributed by atoms with van der Waals surface area (Å²) in [6, 6.07) is 1.80. The van der Waals surface area contributed by atoms with Crippen LogP contribution < -0.4 is 0 Å². The zero-order valence-electron chi connectivity index (χ0n) is 6.79. The number of fused-ring (bicyclic) bond motifs is 3. The molecule has 0 amide bonds. The Morgan fingerprint density at radius 2 is 2.21 bits per heavy atom. The molecule has 0 fully saturated rings. The molecule has 68 valence electrons. The van der Waals surface area contributed by atoms with Crippen LogP contribution in [-0.2, 0) is 0 Å². The number of tetrazole rings is 1. The van der Waals surface area contributed by atoms with E-state index in [1.54, 1.807) is 18.5 Å². The zero-order chi connectivity index (χ0) is 9.54. The highest BCUT2D eigenvalue weighted by Crippen LogP contribution is 2.21. The van der Waals surface area contributed by atoms with E-state index in [0.717, 1.165) is 10.8 Å². The first-order valence-electron chi connectivity index (χ1n) is 3.84. The van der Waals surface area contributed by atoms with Gasteiger partial charge in [-0.25, -0.2) is 0 Å². The second-order valence-electron chi connectivity index (χ2n) is 2.70. The summed E-state index contributed by atoms with van der Waals surface area (Å²) >= 11 is 5.93. The molecule has 0 aliphatic carbocycles. The fourth-order valence-corrected chi connectivity index (χ4v) is 1.52. The van der Waals surface area contributed by atoms with Gasteiger partial charge in [0, 0.05) is 23.2 Å². The maximum Gasteiger partial charge on any atom is 0.207 e. The van der Waals surface area contributed by atoms with Crippen molar-refractivity contribution < 1.29 is 0 Å². The first-order chi connectivity index (χ1) is 6.86. The number of pyridine rings is 1. The number of halogens is 1. The highest BCUT2D eigenvalue weighted by atomic mass is 35.5. The van der Waals surface area contributed by atoms with E-state index in [-0.39, 0.29) is 0 Å². The third-order valence-electron chi connectivity index (χ3n) is 1.92. The van der Waals surface area contributed by atoms with Gasteiger partial charge in [0.2, 0.25) is 5.65 Å². The smallest absolute Gasteiger partial charge is 0.207 e. The van der Waals surface area contributed by atoms with Crippen molar-refractivity contribution >= 4 is 28.0 Å². The molecule has 3 aromatic heterocycles. The van der Waals surface area contributed by atoms with E-state index >= 15 is 0 Å². The third kappa shape index (κ3) is 0.882. The summed E-state index contributed by atoms with van der Waals surface area (Å²) < 4.78 is 1.30. The number of rotatable bonds is 0. The van der Waals surface area contributed by atoms with Crippen LogP contribution in [0.25, 0.3) is 16.4 Å². The van der Waals surface area contributed by atoms with Crippen molar-refractivity contribution in [2.75, 3.05) is 0 Å². The summed E-state index contributed by atoms with van der Waals surface area (Å²) in [4.78, 5) is 3.96. The molecule has 6 nitrogen and oxygen atoms in total.